The van der Waals surface area contributed by atoms with Crippen molar-refractivity contribution in [1.29, 1.82) is 0 Å². The van der Waals surface area contributed by atoms with Gasteiger partial charge in [0.1, 0.15) is 12.3 Å². The Labute approximate surface area is 180 Å². The zero-order valence-electron chi connectivity index (χ0n) is 17.3. The largest absolute Gasteiger partial charge is 0.444 e. The smallest absolute Gasteiger partial charge is 0.216 e. The molecule has 0 radical (unpaired) electrons. The van der Waals surface area contributed by atoms with E-state index in [1.54, 1.807) is 0 Å². The van der Waals surface area contributed by atoms with E-state index in [1.807, 2.05) is 13.8 Å². The molecule has 0 spiro atoms. The molecule has 0 atom stereocenters. The molecule has 0 unspecified atom stereocenters. The molecule has 0 aliphatic carbocycles. The molecule has 0 fully saturated rings. The SMILES string of the molecule is CCNC(=NCc1nc(C)c(C)o1)NCCc1ccc(C(C)(C)C)cc1.I. The lowest BCUT2D eigenvalue weighted by molar-refractivity contribution is 0.473. The first-order valence-corrected chi connectivity index (χ1v) is 9.34. The summed E-state index contributed by atoms with van der Waals surface area (Å²) in [6.07, 6.45) is 0.950. The van der Waals surface area contributed by atoms with E-state index in [2.05, 4.69) is 72.6 Å². The second-order valence-corrected chi connectivity index (χ2v) is 7.57. The number of guanidine groups is 1. The second-order valence-electron chi connectivity index (χ2n) is 7.57. The third kappa shape index (κ3) is 7.52. The molecule has 1 aromatic heterocycles. The number of aryl methyl sites for hydroxylation is 2. The summed E-state index contributed by atoms with van der Waals surface area (Å²) < 4.78 is 5.58. The lowest BCUT2D eigenvalue weighted by atomic mass is 9.86. The van der Waals surface area contributed by atoms with Gasteiger partial charge in [-0.25, -0.2) is 9.98 Å². The number of hydrogen-bond donors (Lipinski definition) is 2. The maximum Gasteiger partial charge on any atom is 0.216 e. The number of aliphatic imine (C=N–C) groups is 1. The topological polar surface area (TPSA) is 62.5 Å². The first-order chi connectivity index (χ1) is 12.3. The normalized spacial score (nSPS) is 11.9. The summed E-state index contributed by atoms with van der Waals surface area (Å²) in [5.74, 6) is 2.29. The van der Waals surface area contributed by atoms with E-state index in [0.29, 0.717) is 12.4 Å². The number of halogens is 1. The lowest BCUT2D eigenvalue weighted by Gasteiger charge is -2.19. The van der Waals surface area contributed by atoms with Gasteiger partial charge in [-0.15, -0.1) is 24.0 Å². The van der Waals surface area contributed by atoms with Crippen molar-refractivity contribution < 1.29 is 4.42 Å². The van der Waals surface area contributed by atoms with Crippen molar-refractivity contribution >= 4 is 29.9 Å². The Balaban J connectivity index is 0.00000364. The molecule has 6 heteroatoms. The van der Waals surface area contributed by atoms with Crippen molar-refractivity contribution in [3.63, 3.8) is 0 Å². The van der Waals surface area contributed by atoms with Crippen LogP contribution >= 0.6 is 24.0 Å². The molecule has 2 N–H and O–H groups in total. The van der Waals surface area contributed by atoms with Crippen LogP contribution in [0.2, 0.25) is 0 Å². The van der Waals surface area contributed by atoms with Crippen molar-refractivity contribution in [2.24, 2.45) is 4.99 Å². The van der Waals surface area contributed by atoms with E-state index >= 15 is 0 Å². The van der Waals surface area contributed by atoms with Crippen molar-refractivity contribution in [2.75, 3.05) is 13.1 Å². The zero-order valence-corrected chi connectivity index (χ0v) is 19.7. The summed E-state index contributed by atoms with van der Waals surface area (Å²) in [5.41, 5.74) is 3.80. The Morgan fingerprint density at radius 2 is 1.78 bits per heavy atom. The minimum Gasteiger partial charge on any atom is -0.444 e. The van der Waals surface area contributed by atoms with Crippen molar-refractivity contribution in [3.8, 4) is 0 Å². The molecule has 1 heterocycles. The molecule has 5 nitrogen and oxygen atoms in total. The van der Waals surface area contributed by atoms with E-state index in [-0.39, 0.29) is 29.4 Å². The molecule has 0 saturated carbocycles. The highest BCUT2D eigenvalue weighted by molar-refractivity contribution is 14.0. The Bertz CT molecular complexity index is 710. The molecule has 0 bridgehead atoms. The molecule has 27 heavy (non-hydrogen) atoms. The summed E-state index contributed by atoms with van der Waals surface area (Å²) in [7, 11) is 0. The van der Waals surface area contributed by atoms with E-state index in [0.717, 1.165) is 36.9 Å². The third-order valence-corrected chi connectivity index (χ3v) is 4.32. The molecule has 0 saturated heterocycles. The fourth-order valence-corrected chi connectivity index (χ4v) is 2.59. The highest BCUT2D eigenvalue weighted by atomic mass is 127. The maximum absolute atomic E-state index is 5.58. The van der Waals surface area contributed by atoms with Gasteiger partial charge in [0.2, 0.25) is 5.89 Å². The van der Waals surface area contributed by atoms with Gasteiger partial charge in [0.15, 0.2) is 5.96 Å². The number of aromatic nitrogens is 1. The number of rotatable bonds is 6. The number of nitrogens with zero attached hydrogens (tertiary/aromatic N) is 2. The quantitative estimate of drug-likeness (QED) is 0.360. The van der Waals surface area contributed by atoms with E-state index in [4.69, 9.17) is 4.42 Å². The predicted octanol–water partition coefficient (Wildman–Crippen LogP) is 4.50. The summed E-state index contributed by atoms with van der Waals surface area (Å²) in [6, 6.07) is 8.87. The van der Waals surface area contributed by atoms with Crippen molar-refractivity contribution in [2.45, 2.75) is 59.9 Å². The first-order valence-electron chi connectivity index (χ1n) is 9.34. The summed E-state index contributed by atoms with van der Waals surface area (Å²) in [4.78, 5) is 8.92. The molecule has 2 aromatic rings. The summed E-state index contributed by atoms with van der Waals surface area (Å²) >= 11 is 0. The van der Waals surface area contributed by atoms with Crippen LogP contribution in [0.3, 0.4) is 0 Å². The van der Waals surface area contributed by atoms with Gasteiger partial charge in [0.05, 0.1) is 5.69 Å². The Hall–Kier alpha value is -1.57. The predicted molar refractivity (Wildman–Crippen MR) is 123 cm³/mol. The average molecular weight is 484 g/mol. The molecule has 0 aliphatic heterocycles. The van der Waals surface area contributed by atoms with Gasteiger partial charge < -0.3 is 15.1 Å². The molecule has 1 aromatic carbocycles. The van der Waals surface area contributed by atoms with Crippen LogP contribution in [0, 0.1) is 13.8 Å². The molecule has 2 rings (SSSR count). The van der Waals surface area contributed by atoms with Gasteiger partial charge in [-0.2, -0.15) is 0 Å². The second kappa shape index (κ2) is 10.7. The van der Waals surface area contributed by atoms with Crippen LogP contribution in [0.5, 0.6) is 0 Å². The standard InChI is InChI=1S/C21H32N4O.HI/c1-7-22-20(24-14-19-25-15(2)16(3)26-19)23-13-12-17-8-10-18(11-9-17)21(4,5)6;/h8-11H,7,12-14H2,1-6H3,(H2,22,23,24);1H. The maximum atomic E-state index is 5.58. The van der Waals surface area contributed by atoms with Gasteiger partial charge in [-0.05, 0) is 43.7 Å². The zero-order chi connectivity index (χ0) is 19.2. The average Bonchev–Trinajstić information content (AvgIpc) is 2.90. The Morgan fingerprint density at radius 1 is 1.11 bits per heavy atom. The molecule has 0 aliphatic rings. The fraction of sp³-hybridized carbons (Fsp3) is 0.524. The van der Waals surface area contributed by atoms with Crippen LogP contribution in [-0.4, -0.2) is 24.0 Å². The van der Waals surface area contributed by atoms with Crippen molar-refractivity contribution in [1.82, 2.24) is 15.6 Å². The van der Waals surface area contributed by atoms with Gasteiger partial charge in [-0.3, -0.25) is 0 Å². The Morgan fingerprint density at radius 3 is 2.30 bits per heavy atom. The summed E-state index contributed by atoms with van der Waals surface area (Å²) in [5, 5.41) is 6.63. The number of oxazole rings is 1. The minimum atomic E-state index is 0. The van der Waals surface area contributed by atoms with E-state index in [1.165, 1.54) is 11.1 Å². The van der Waals surface area contributed by atoms with Crippen LogP contribution in [0.1, 0.15) is 56.2 Å². The van der Waals surface area contributed by atoms with Crippen LogP contribution in [-0.2, 0) is 18.4 Å². The van der Waals surface area contributed by atoms with Crippen LogP contribution < -0.4 is 10.6 Å². The monoisotopic (exact) mass is 484 g/mol. The first kappa shape index (κ1) is 23.5. The van der Waals surface area contributed by atoms with Crippen LogP contribution in [0.25, 0.3) is 0 Å². The van der Waals surface area contributed by atoms with Gasteiger partial charge in [0.25, 0.3) is 0 Å². The molecular weight excluding hydrogens is 451 g/mol. The van der Waals surface area contributed by atoms with Crippen molar-refractivity contribution in [3.05, 3.63) is 52.7 Å². The summed E-state index contributed by atoms with van der Waals surface area (Å²) in [6.45, 7) is 14.7. The lowest BCUT2D eigenvalue weighted by Crippen LogP contribution is -2.38. The van der Waals surface area contributed by atoms with Gasteiger partial charge >= 0.3 is 0 Å². The van der Waals surface area contributed by atoms with Crippen LogP contribution in [0.15, 0.2) is 33.7 Å². The number of hydrogen-bond acceptors (Lipinski definition) is 3. The third-order valence-electron chi connectivity index (χ3n) is 4.32. The minimum absolute atomic E-state index is 0. The van der Waals surface area contributed by atoms with Crippen LogP contribution in [0.4, 0.5) is 0 Å². The van der Waals surface area contributed by atoms with Gasteiger partial charge in [-0.1, -0.05) is 45.0 Å². The molecular formula is C21H33IN4O. The highest BCUT2D eigenvalue weighted by Crippen LogP contribution is 2.22. The van der Waals surface area contributed by atoms with Gasteiger partial charge in [0, 0.05) is 13.1 Å². The molecule has 150 valence electrons. The Kier molecular flexibility index (Phi) is 9.29. The highest BCUT2D eigenvalue weighted by Gasteiger charge is 2.12. The molecule has 0 amide bonds. The van der Waals surface area contributed by atoms with E-state index < -0.39 is 0 Å². The number of nitrogens with one attached hydrogen (secondary N) is 2. The number of benzene rings is 1. The fourth-order valence-electron chi connectivity index (χ4n) is 2.59. The van der Waals surface area contributed by atoms with E-state index in [9.17, 15) is 0 Å².